The molecule has 0 aliphatic heterocycles. The first-order valence-corrected chi connectivity index (χ1v) is 5.76. The van der Waals surface area contributed by atoms with Crippen molar-refractivity contribution in [2.75, 3.05) is 6.54 Å². The van der Waals surface area contributed by atoms with E-state index in [1.165, 1.54) is 6.08 Å². The summed E-state index contributed by atoms with van der Waals surface area (Å²) in [5, 5.41) is 10.6. The highest BCUT2D eigenvalue weighted by Crippen LogP contribution is 2.17. The van der Waals surface area contributed by atoms with Crippen molar-refractivity contribution in [2.24, 2.45) is 0 Å². The molecule has 2 N–H and O–H groups in total. The Morgan fingerprint density at radius 1 is 1.42 bits per heavy atom. The maximum Gasteiger partial charge on any atom is 0.322 e. The van der Waals surface area contributed by atoms with Gasteiger partial charge in [-0.15, -0.1) is 0 Å². The molecule has 0 saturated carbocycles. The van der Waals surface area contributed by atoms with Gasteiger partial charge in [-0.05, 0) is 0 Å². The van der Waals surface area contributed by atoms with Crippen LogP contribution in [0.5, 0.6) is 0 Å². The van der Waals surface area contributed by atoms with Gasteiger partial charge in [0.25, 0.3) is 0 Å². The average Bonchev–Trinajstić information content (AvgIpc) is 2.35. The van der Waals surface area contributed by atoms with Crippen LogP contribution in [-0.4, -0.2) is 29.2 Å². The van der Waals surface area contributed by atoms with E-state index in [1.54, 1.807) is 18.2 Å². The Morgan fingerprint density at radius 2 is 2.11 bits per heavy atom. The Balaban J connectivity index is 3.16. The minimum atomic E-state index is -1.16. The summed E-state index contributed by atoms with van der Waals surface area (Å²) < 4.78 is 0. The van der Waals surface area contributed by atoms with Gasteiger partial charge in [-0.25, -0.2) is 0 Å². The molecule has 0 aromatic carbocycles. The summed E-state index contributed by atoms with van der Waals surface area (Å²) in [7, 11) is 0. The number of hydrogen-bond donors (Lipinski definition) is 2. The standard InChI is InChI=1S/C13H12ClNO4/c1-8-5-3-2-4-6-9(16)12(11(14)13(8)19)15-7-10(17)18/h2-5,15H,1,6-7H2,(H,17,18)/b4-2-,5-3-,12-11-. The van der Waals surface area contributed by atoms with E-state index in [0.717, 1.165) is 0 Å². The third-order valence-corrected chi connectivity index (χ3v) is 2.61. The third kappa shape index (κ3) is 4.22. The molecular formula is C13H12ClNO4. The average molecular weight is 282 g/mol. The van der Waals surface area contributed by atoms with Crippen LogP contribution in [0, 0.1) is 0 Å². The van der Waals surface area contributed by atoms with Crippen molar-refractivity contribution in [3.05, 3.63) is 47.2 Å². The zero-order valence-corrected chi connectivity index (χ0v) is 10.7. The molecule has 6 heteroatoms. The Labute approximate surface area is 114 Å². The number of rotatable bonds is 3. The molecule has 0 atom stereocenters. The molecule has 0 aromatic heterocycles. The second-order valence-corrected chi connectivity index (χ2v) is 4.08. The van der Waals surface area contributed by atoms with E-state index in [9.17, 15) is 14.4 Å². The SMILES string of the molecule is C=C1/C=C\C=C/CC(=O)/C(NCC(=O)O)=C(/Cl)C1=O. The number of carbonyl (C=O) groups is 3. The molecule has 0 spiro atoms. The highest BCUT2D eigenvalue weighted by Gasteiger charge is 2.20. The van der Waals surface area contributed by atoms with Crippen molar-refractivity contribution >= 4 is 29.1 Å². The molecular weight excluding hydrogens is 270 g/mol. The lowest BCUT2D eigenvalue weighted by Gasteiger charge is -2.10. The lowest BCUT2D eigenvalue weighted by atomic mass is 10.1. The van der Waals surface area contributed by atoms with Crippen molar-refractivity contribution in [2.45, 2.75) is 6.42 Å². The lowest BCUT2D eigenvalue weighted by molar-refractivity contribution is -0.135. The van der Waals surface area contributed by atoms with Gasteiger partial charge in [0.15, 0.2) is 5.78 Å². The molecule has 5 nitrogen and oxygen atoms in total. The molecule has 100 valence electrons. The Kier molecular flexibility index (Phi) is 5.26. The minimum Gasteiger partial charge on any atom is -0.480 e. The summed E-state index contributed by atoms with van der Waals surface area (Å²) in [4.78, 5) is 34.2. The topological polar surface area (TPSA) is 83.5 Å². The van der Waals surface area contributed by atoms with Crippen LogP contribution in [0.1, 0.15) is 6.42 Å². The fraction of sp³-hybridized carbons (Fsp3) is 0.154. The van der Waals surface area contributed by atoms with Crippen LogP contribution in [0.2, 0.25) is 0 Å². The number of halogens is 1. The van der Waals surface area contributed by atoms with Crippen molar-refractivity contribution < 1.29 is 19.5 Å². The Bertz CT molecular complexity index is 529. The quantitative estimate of drug-likeness (QED) is 0.762. The van der Waals surface area contributed by atoms with Crippen LogP contribution in [0.4, 0.5) is 0 Å². The van der Waals surface area contributed by atoms with E-state index in [2.05, 4.69) is 11.9 Å². The van der Waals surface area contributed by atoms with Gasteiger partial charge in [-0.1, -0.05) is 42.5 Å². The fourth-order valence-electron chi connectivity index (χ4n) is 1.32. The first-order chi connectivity index (χ1) is 8.93. The highest BCUT2D eigenvalue weighted by atomic mass is 35.5. The fourth-order valence-corrected chi connectivity index (χ4v) is 1.61. The second-order valence-electron chi connectivity index (χ2n) is 3.71. The van der Waals surface area contributed by atoms with E-state index in [1.807, 2.05) is 0 Å². The second kappa shape index (κ2) is 6.70. The molecule has 0 heterocycles. The zero-order chi connectivity index (χ0) is 14.4. The smallest absolute Gasteiger partial charge is 0.322 e. The lowest BCUT2D eigenvalue weighted by Crippen LogP contribution is -2.28. The Hall–Kier alpha value is -2.14. The van der Waals surface area contributed by atoms with Crippen LogP contribution in [0.3, 0.4) is 0 Å². The van der Waals surface area contributed by atoms with Crippen LogP contribution >= 0.6 is 11.6 Å². The largest absolute Gasteiger partial charge is 0.480 e. The van der Waals surface area contributed by atoms with Crippen LogP contribution in [-0.2, 0) is 14.4 Å². The summed E-state index contributed by atoms with van der Waals surface area (Å²) in [6.07, 6.45) is 6.24. The molecule has 0 unspecified atom stereocenters. The van der Waals surface area contributed by atoms with Gasteiger partial charge in [0.2, 0.25) is 5.78 Å². The zero-order valence-electron chi connectivity index (χ0n) is 9.98. The predicted octanol–water partition coefficient (Wildman–Crippen LogP) is 1.32. The number of Topliss-reactive ketones (excluding diaryl/α,β-unsaturated/α-hetero) is 2. The molecule has 0 radical (unpaired) electrons. The maximum absolute atomic E-state index is 11.9. The summed E-state index contributed by atoms with van der Waals surface area (Å²) in [6, 6.07) is 0. The van der Waals surface area contributed by atoms with Crippen molar-refractivity contribution in [3.8, 4) is 0 Å². The normalized spacial score (nSPS) is 23.9. The van der Waals surface area contributed by atoms with Gasteiger partial charge in [-0.2, -0.15) is 0 Å². The van der Waals surface area contributed by atoms with Crippen molar-refractivity contribution in [3.63, 3.8) is 0 Å². The van der Waals surface area contributed by atoms with Gasteiger partial charge in [0.05, 0.1) is 0 Å². The van der Waals surface area contributed by atoms with Gasteiger partial charge >= 0.3 is 5.97 Å². The molecule has 1 aliphatic rings. The van der Waals surface area contributed by atoms with Gasteiger partial charge in [0, 0.05) is 12.0 Å². The number of allylic oxidation sites excluding steroid dienone is 7. The van der Waals surface area contributed by atoms with E-state index in [0.29, 0.717) is 0 Å². The predicted molar refractivity (Wildman–Crippen MR) is 70.6 cm³/mol. The van der Waals surface area contributed by atoms with Gasteiger partial charge in [0.1, 0.15) is 17.3 Å². The van der Waals surface area contributed by atoms with E-state index < -0.39 is 24.1 Å². The first kappa shape index (κ1) is 14.9. The summed E-state index contributed by atoms with van der Waals surface area (Å²) in [6.45, 7) is 3.03. The molecule has 0 saturated heterocycles. The molecule has 1 aliphatic carbocycles. The number of hydrogen-bond acceptors (Lipinski definition) is 4. The van der Waals surface area contributed by atoms with Crippen LogP contribution in [0.25, 0.3) is 0 Å². The third-order valence-electron chi connectivity index (χ3n) is 2.25. The number of ketones is 2. The minimum absolute atomic E-state index is 0.0161. The van der Waals surface area contributed by atoms with E-state index in [-0.39, 0.29) is 22.7 Å². The van der Waals surface area contributed by atoms with E-state index in [4.69, 9.17) is 16.7 Å². The maximum atomic E-state index is 11.9. The van der Waals surface area contributed by atoms with Crippen molar-refractivity contribution in [1.82, 2.24) is 5.32 Å². The van der Waals surface area contributed by atoms with Crippen LogP contribution in [0.15, 0.2) is 47.2 Å². The molecule has 1 rings (SSSR count). The van der Waals surface area contributed by atoms with Crippen molar-refractivity contribution in [1.29, 1.82) is 0 Å². The molecule has 0 aromatic rings. The van der Waals surface area contributed by atoms with Gasteiger partial charge < -0.3 is 10.4 Å². The molecule has 0 amide bonds. The summed E-state index contributed by atoms with van der Waals surface area (Å²) in [5.41, 5.74) is -0.0888. The number of carboxylic acids is 1. The summed E-state index contributed by atoms with van der Waals surface area (Å²) >= 11 is 5.84. The number of aliphatic carboxylic acids is 1. The molecule has 0 bridgehead atoms. The summed E-state index contributed by atoms with van der Waals surface area (Å²) in [5.74, 6) is -2.24. The van der Waals surface area contributed by atoms with Gasteiger partial charge in [-0.3, -0.25) is 14.4 Å². The number of carboxylic acid groups (broad SMARTS) is 1. The Morgan fingerprint density at radius 3 is 2.74 bits per heavy atom. The van der Waals surface area contributed by atoms with E-state index >= 15 is 0 Å². The van der Waals surface area contributed by atoms with Crippen LogP contribution < -0.4 is 5.32 Å². The molecule has 19 heavy (non-hydrogen) atoms. The monoisotopic (exact) mass is 281 g/mol. The number of nitrogens with one attached hydrogen (secondary N) is 1. The number of carbonyl (C=O) groups excluding carboxylic acids is 2. The first-order valence-electron chi connectivity index (χ1n) is 5.39. The molecule has 0 fully saturated rings. The highest BCUT2D eigenvalue weighted by molar-refractivity contribution is 6.47.